The van der Waals surface area contributed by atoms with Crippen molar-refractivity contribution < 1.29 is 9.47 Å². The van der Waals surface area contributed by atoms with Gasteiger partial charge in [-0.15, -0.1) is 11.3 Å². The minimum atomic E-state index is 0.782. The summed E-state index contributed by atoms with van der Waals surface area (Å²) >= 11 is 1.79. The van der Waals surface area contributed by atoms with Crippen molar-refractivity contribution in [2.24, 2.45) is 0 Å². The van der Waals surface area contributed by atoms with Gasteiger partial charge in [0.2, 0.25) is 0 Å². The summed E-state index contributed by atoms with van der Waals surface area (Å²) in [5.74, 6) is 1.57. The fraction of sp³-hybridized carbons (Fsp3) is 0.182. The highest BCUT2D eigenvalue weighted by Gasteiger charge is 2.25. The summed E-state index contributed by atoms with van der Waals surface area (Å²) in [5, 5.41) is 5.76. The van der Waals surface area contributed by atoms with Crippen LogP contribution in [0.4, 0.5) is 11.4 Å². The van der Waals surface area contributed by atoms with Gasteiger partial charge in [-0.1, -0.05) is 18.2 Å². The van der Waals surface area contributed by atoms with E-state index < -0.39 is 0 Å². The van der Waals surface area contributed by atoms with Gasteiger partial charge < -0.3 is 19.7 Å². The first-order valence-corrected chi connectivity index (χ1v) is 9.68. The zero-order valence-electron chi connectivity index (χ0n) is 15.7. The van der Waals surface area contributed by atoms with Gasteiger partial charge in [-0.25, -0.2) is 0 Å². The Bertz CT molecular complexity index is 979. The van der Waals surface area contributed by atoms with E-state index in [0.717, 1.165) is 29.4 Å². The van der Waals surface area contributed by atoms with Crippen LogP contribution in [-0.4, -0.2) is 14.2 Å². The molecule has 0 atom stereocenters. The number of hydrogen-bond acceptors (Lipinski definition) is 5. The molecule has 3 aromatic rings. The van der Waals surface area contributed by atoms with Crippen molar-refractivity contribution >= 4 is 28.4 Å². The van der Waals surface area contributed by atoms with Gasteiger partial charge in [-0.2, -0.15) is 0 Å². The zero-order valence-corrected chi connectivity index (χ0v) is 16.5. The normalized spacial score (nSPS) is 13.4. The van der Waals surface area contributed by atoms with Crippen LogP contribution in [0.1, 0.15) is 17.4 Å². The summed E-state index contributed by atoms with van der Waals surface area (Å²) in [6, 6.07) is 18.5. The van der Waals surface area contributed by atoms with Gasteiger partial charge in [0.1, 0.15) is 11.5 Å². The summed E-state index contributed by atoms with van der Waals surface area (Å²) in [7, 11) is 3.35. The molecule has 0 unspecified atom stereocenters. The topological polar surface area (TPSA) is 33.7 Å². The molecule has 2 aromatic carbocycles. The molecular formula is C22H22N2O2S. The Morgan fingerprint density at radius 2 is 1.81 bits per heavy atom. The number of hydrogen-bond donors (Lipinski definition) is 1. The van der Waals surface area contributed by atoms with Crippen molar-refractivity contribution in [1.29, 1.82) is 0 Å². The van der Waals surface area contributed by atoms with Crippen molar-refractivity contribution in [2.75, 3.05) is 24.4 Å². The number of allylic oxidation sites excluding steroid dienone is 1. The van der Waals surface area contributed by atoms with E-state index in [2.05, 4.69) is 52.9 Å². The number of benzene rings is 2. The molecule has 1 N–H and O–H groups in total. The number of fused-ring (bicyclic) bond motifs is 1. The van der Waals surface area contributed by atoms with Gasteiger partial charge in [0.15, 0.2) is 0 Å². The first kappa shape index (κ1) is 17.5. The van der Waals surface area contributed by atoms with Crippen LogP contribution in [0.3, 0.4) is 0 Å². The summed E-state index contributed by atoms with van der Waals surface area (Å²) < 4.78 is 10.9. The highest BCUT2D eigenvalue weighted by molar-refractivity contribution is 7.10. The van der Waals surface area contributed by atoms with E-state index in [1.807, 2.05) is 24.3 Å². The molecule has 0 amide bonds. The molecule has 0 bridgehead atoms. The number of rotatable bonds is 5. The lowest BCUT2D eigenvalue weighted by molar-refractivity contribution is 0.405. The van der Waals surface area contributed by atoms with Gasteiger partial charge in [0.05, 0.1) is 32.1 Å². The Balaban J connectivity index is 1.79. The predicted molar refractivity (Wildman–Crippen MR) is 113 cm³/mol. The van der Waals surface area contributed by atoms with Crippen LogP contribution in [0, 0.1) is 0 Å². The largest absolute Gasteiger partial charge is 0.497 e. The molecule has 27 heavy (non-hydrogen) atoms. The van der Waals surface area contributed by atoms with Gasteiger partial charge in [-0.3, -0.25) is 0 Å². The van der Waals surface area contributed by atoms with E-state index in [1.165, 1.54) is 21.8 Å². The second-order valence-electron chi connectivity index (χ2n) is 6.33. The third kappa shape index (κ3) is 3.26. The van der Waals surface area contributed by atoms with Crippen LogP contribution in [0.5, 0.6) is 11.5 Å². The number of nitrogens with zero attached hydrogens (tertiary/aromatic N) is 1. The Hall–Kier alpha value is -2.92. The molecule has 1 aromatic heterocycles. The van der Waals surface area contributed by atoms with Crippen molar-refractivity contribution in [1.82, 2.24) is 0 Å². The molecule has 0 radical (unpaired) electrons. The summed E-state index contributed by atoms with van der Waals surface area (Å²) in [4.78, 5) is 3.68. The van der Waals surface area contributed by atoms with Gasteiger partial charge >= 0.3 is 0 Å². The van der Waals surface area contributed by atoms with E-state index >= 15 is 0 Å². The number of nitrogens with one attached hydrogen (secondary N) is 1. The summed E-state index contributed by atoms with van der Waals surface area (Å²) in [6.45, 7) is 3.03. The second-order valence-corrected chi connectivity index (χ2v) is 7.33. The maximum absolute atomic E-state index is 5.55. The standard InChI is InChI=1S/C22H22N2O2S/c1-15-22(23-19-13-17(25-2)9-10-20(19)26-3)18-11-12-27-21(18)14-24(15)16-7-5-4-6-8-16/h4-13,23H,14H2,1-3H3. The monoisotopic (exact) mass is 378 g/mol. The molecule has 0 spiro atoms. The van der Waals surface area contributed by atoms with E-state index in [4.69, 9.17) is 9.47 Å². The van der Waals surface area contributed by atoms with E-state index in [0.29, 0.717) is 0 Å². The molecule has 0 saturated carbocycles. The average molecular weight is 378 g/mol. The van der Waals surface area contributed by atoms with Crippen molar-refractivity contribution in [3.63, 3.8) is 0 Å². The molecule has 4 rings (SSSR count). The minimum Gasteiger partial charge on any atom is -0.497 e. The Morgan fingerprint density at radius 3 is 2.56 bits per heavy atom. The number of methoxy groups -OCH3 is 2. The molecule has 0 fully saturated rings. The van der Waals surface area contributed by atoms with Crippen molar-refractivity contribution in [2.45, 2.75) is 13.5 Å². The lowest BCUT2D eigenvalue weighted by Gasteiger charge is -2.32. The summed E-state index contributed by atoms with van der Waals surface area (Å²) in [5.41, 5.74) is 5.59. The lowest BCUT2D eigenvalue weighted by atomic mass is 10.0. The van der Waals surface area contributed by atoms with Crippen LogP contribution in [0.25, 0.3) is 5.70 Å². The Labute approximate surface area is 163 Å². The lowest BCUT2D eigenvalue weighted by Crippen LogP contribution is -2.27. The van der Waals surface area contributed by atoms with Crippen LogP contribution in [0.2, 0.25) is 0 Å². The fourth-order valence-corrected chi connectivity index (χ4v) is 4.24. The summed E-state index contributed by atoms with van der Waals surface area (Å²) in [6.07, 6.45) is 0. The molecule has 2 heterocycles. The quantitative estimate of drug-likeness (QED) is 0.628. The Kier molecular flexibility index (Phi) is 4.77. The van der Waals surface area contributed by atoms with E-state index in [9.17, 15) is 0 Å². The fourth-order valence-electron chi connectivity index (χ4n) is 3.37. The van der Waals surface area contributed by atoms with Gasteiger partial charge in [0, 0.05) is 27.9 Å². The van der Waals surface area contributed by atoms with Gasteiger partial charge in [0.25, 0.3) is 0 Å². The molecule has 0 aliphatic carbocycles. The SMILES string of the molecule is COc1ccc(OC)c(NC2=C(C)N(c3ccccc3)Cc3sccc32)c1. The van der Waals surface area contributed by atoms with Gasteiger partial charge in [-0.05, 0) is 42.6 Å². The van der Waals surface area contributed by atoms with Crippen molar-refractivity contribution in [3.8, 4) is 11.5 Å². The first-order valence-electron chi connectivity index (χ1n) is 8.80. The highest BCUT2D eigenvalue weighted by atomic mass is 32.1. The molecule has 1 aliphatic rings. The maximum Gasteiger partial charge on any atom is 0.142 e. The second kappa shape index (κ2) is 7.37. The molecule has 1 aliphatic heterocycles. The predicted octanol–water partition coefficient (Wildman–Crippen LogP) is 5.59. The van der Waals surface area contributed by atoms with Crippen LogP contribution >= 0.6 is 11.3 Å². The minimum absolute atomic E-state index is 0.782. The Morgan fingerprint density at radius 1 is 1.00 bits per heavy atom. The van der Waals surface area contributed by atoms with E-state index in [1.54, 1.807) is 25.6 Å². The highest BCUT2D eigenvalue weighted by Crippen LogP contribution is 2.40. The average Bonchev–Trinajstić information content (AvgIpc) is 3.19. The number of thiophene rings is 1. The smallest absolute Gasteiger partial charge is 0.142 e. The number of ether oxygens (including phenoxy) is 2. The third-order valence-corrected chi connectivity index (χ3v) is 5.72. The molecule has 138 valence electrons. The molecular weight excluding hydrogens is 356 g/mol. The van der Waals surface area contributed by atoms with Crippen molar-refractivity contribution in [3.05, 3.63) is 76.1 Å². The van der Waals surface area contributed by atoms with E-state index in [-0.39, 0.29) is 0 Å². The third-order valence-electron chi connectivity index (χ3n) is 4.82. The van der Waals surface area contributed by atoms with Crippen LogP contribution in [-0.2, 0) is 6.54 Å². The molecule has 0 saturated heterocycles. The van der Waals surface area contributed by atoms with Crippen LogP contribution in [0.15, 0.2) is 65.7 Å². The number of anilines is 2. The molecule has 5 heteroatoms. The van der Waals surface area contributed by atoms with Crippen LogP contribution < -0.4 is 19.7 Å². The number of para-hydroxylation sites is 1. The maximum atomic E-state index is 5.55. The molecule has 4 nitrogen and oxygen atoms in total. The first-order chi connectivity index (χ1) is 13.2. The zero-order chi connectivity index (χ0) is 18.8.